The van der Waals surface area contributed by atoms with Crippen molar-refractivity contribution < 1.29 is 14.3 Å². The molecule has 7 heteroatoms. The highest BCUT2D eigenvalue weighted by Crippen LogP contribution is 2.22. The molecule has 5 nitrogen and oxygen atoms in total. The lowest BCUT2D eigenvalue weighted by Gasteiger charge is -2.10. The highest BCUT2D eigenvalue weighted by molar-refractivity contribution is 6.35. The number of ether oxygens (including phenoxy) is 1. The summed E-state index contributed by atoms with van der Waals surface area (Å²) in [7, 11) is 0. The van der Waals surface area contributed by atoms with E-state index >= 15 is 0 Å². The molecule has 0 bridgehead atoms. The number of amides is 1. The van der Waals surface area contributed by atoms with Crippen LogP contribution in [0.3, 0.4) is 0 Å². The average Bonchev–Trinajstić information content (AvgIpc) is 3.16. The van der Waals surface area contributed by atoms with Gasteiger partial charge in [0, 0.05) is 22.5 Å². The molecule has 0 saturated heterocycles. The molecule has 0 radical (unpaired) electrons. The Bertz CT molecular complexity index is 911. The molecule has 0 aromatic heterocycles. The lowest BCUT2D eigenvalue weighted by Crippen LogP contribution is -2.28. The average molecular weight is 403 g/mol. The summed E-state index contributed by atoms with van der Waals surface area (Å²) in [5, 5.41) is 6.56. The standard InChI is InChI=1S/C20H16Cl2N2O3/c21-16-8-6-14(17(22)12-16)7-9-20(26)27-13-19(25)24-11-10-18(23-24)15-4-2-1-3-5-15/h1-9,12H,10-11,13H2/b9-7+. The zero-order valence-corrected chi connectivity index (χ0v) is 15.8. The molecular formula is C20H16Cl2N2O3. The van der Waals surface area contributed by atoms with Crippen molar-refractivity contribution in [1.82, 2.24) is 5.01 Å². The number of halogens is 2. The van der Waals surface area contributed by atoms with Gasteiger partial charge in [0.1, 0.15) is 0 Å². The summed E-state index contributed by atoms with van der Waals surface area (Å²) < 4.78 is 4.99. The molecule has 1 aliphatic heterocycles. The molecule has 3 rings (SSSR count). The van der Waals surface area contributed by atoms with Gasteiger partial charge in [-0.05, 0) is 29.3 Å². The van der Waals surface area contributed by atoms with Crippen LogP contribution >= 0.6 is 23.2 Å². The van der Waals surface area contributed by atoms with E-state index in [1.54, 1.807) is 18.2 Å². The van der Waals surface area contributed by atoms with Crippen LogP contribution in [-0.4, -0.2) is 35.7 Å². The van der Waals surface area contributed by atoms with E-state index in [0.717, 1.165) is 11.3 Å². The van der Waals surface area contributed by atoms with E-state index in [1.165, 1.54) is 17.2 Å². The fraction of sp³-hybridized carbons (Fsp3) is 0.150. The Morgan fingerprint density at radius 3 is 2.67 bits per heavy atom. The van der Waals surface area contributed by atoms with Gasteiger partial charge in [-0.2, -0.15) is 5.10 Å². The molecule has 2 aromatic carbocycles. The van der Waals surface area contributed by atoms with Crippen LogP contribution < -0.4 is 0 Å². The Morgan fingerprint density at radius 2 is 1.93 bits per heavy atom. The second kappa shape index (κ2) is 8.84. The molecule has 138 valence electrons. The monoisotopic (exact) mass is 402 g/mol. The molecule has 0 fully saturated rings. The summed E-state index contributed by atoms with van der Waals surface area (Å²) >= 11 is 11.9. The maximum absolute atomic E-state index is 12.2. The van der Waals surface area contributed by atoms with Crippen molar-refractivity contribution in [2.75, 3.05) is 13.2 Å². The molecule has 0 aliphatic carbocycles. The number of carbonyl (C=O) groups excluding carboxylic acids is 2. The third-order valence-corrected chi connectivity index (χ3v) is 4.46. The van der Waals surface area contributed by atoms with Gasteiger partial charge >= 0.3 is 5.97 Å². The second-order valence-corrected chi connectivity index (χ2v) is 6.63. The first-order valence-electron chi connectivity index (χ1n) is 8.26. The minimum absolute atomic E-state index is 0.368. The molecule has 1 heterocycles. The Hall–Kier alpha value is -2.63. The summed E-state index contributed by atoms with van der Waals surface area (Å²) in [6, 6.07) is 14.6. The van der Waals surface area contributed by atoms with Crippen LogP contribution in [0, 0.1) is 0 Å². The van der Waals surface area contributed by atoms with E-state index in [9.17, 15) is 9.59 Å². The lowest BCUT2D eigenvalue weighted by atomic mass is 10.1. The Labute approximate surface area is 166 Å². The van der Waals surface area contributed by atoms with Gasteiger partial charge in [-0.1, -0.05) is 59.6 Å². The van der Waals surface area contributed by atoms with Gasteiger partial charge < -0.3 is 4.74 Å². The molecule has 2 aromatic rings. The van der Waals surface area contributed by atoms with Gasteiger partial charge in [-0.15, -0.1) is 0 Å². The van der Waals surface area contributed by atoms with Gasteiger partial charge in [0.2, 0.25) is 0 Å². The molecule has 27 heavy (non-hydrogen) atoms. The molecular weight excluding hydrogens is 387 g/mol. The Balaban J connectivity index is 1.52. The van der Waals surface area contributed by atoms with Crippen molar-refractivity contribution in [3.63, 3.8) is 0 Å². The fourth-order valence-corrected chi connectivity index (χ4v) is 2.99. The number of benzene rings is 2. The van der Waals surface area contributed by atoms with Gasteiger partial charge in [0.15, 0.2) is 6.61 Å². The van der Waals surface area contributed by atoms with Crippen LogP contribution in [0.15, 0.2) is 59.7 Å². The normalized spacial score (nSPS) is 13.7. The molecule has 0 unspecified atom stereocenters. The quantitative estimate of drug-likeness (QED) is 0.556. The number of hydrogen-bond donors (Lipinski definition) is 0. The van der Waals surface area contributed by atoms with Crippen LogP contribution in [-0.2, 0) is 14.3 Å². The number of rotatable bonds is 5. The predicted octanol–water partition coefficient (Wildman–Crippen LogP) is 4.19. The minimum Gasteiger partial charge on any atom is -0.452 e. The Morgan fingerprint density at radius 1 is 1.15 bits per heavy atom. The summed E-state index contributed by atoms with van der Waals surface area (Å²) in [5.41, 5.74) is 2.45. The van der Waals surface area contributed by atoms with E-state index in [0.29, 0.717) is 28.6 Å². The SMILES string of the molecule is O=C(/C=C/c1ccc(Cl)cc1Cl)OCC(=O)N1CCC(c2ccccc2)=N1. The van der Waals surface area contributed by atoms with Crippen LogP contribution in [0.25, 0.3) is 6.08 Å². The first-order valence-corrected chi connectivity index (χ1v) is 9.01. The van der Waals surface area contributed by atoms with E-state index < -0.39 is 5.97 Å². The lowest BCUT2D eigenvalue weighted by molar-refractivity contribution is -0.147. The van der Waals surface area contributed by atoms with Crippen LogP contribution in [0.2, 0.25) is 10.0 Å². The van der Waals surface area contributed by atoms with Crippen molar-refractivity contribution in [3.8, 4) is 0 Å². The van der Waals surface area contributed by atoms with E-state index in [2.05, 4.69) is 5.10 Å². The number of esters is 1. The zero-order valence-electron chi connectivity index (χ0n) is 14.3. The van der Waals surface area contributed by atoms with Crippen molar-refractivity contribution in [3.05, 3.63) is 75.8 Å². The van der Waals surface area contributed by atoms with Gasteiger partial charge in [-0.3, -0.25) is 4.79 Å². The highest BCUT2D eigenvalue weighted by atomic mass is 35.5. The maximum Gasteiger partial charge on any atom is 0.331 e. The van der Waals surface area contributed by atoms with Crippen LogP contribution in [0.1, 0.15) is 17.5 Å². The number of carbonyl (C=O) groups is 2. The van der Waals surface area contributed by atoms with Gasteiger partial charge in [0.05, 0.1) is 12.3 Å². The predicted molar refractivity (Wildman–Crippen MR) is 106 cm³/mol. The first kappa shape index (κ1) is 19.1. The van der Waals surface area contributed by atoms with Crippen molar-refractivity contribution in [1.29, 1.82) is 0 Å². The zero-order chi connectivity index (χ0) is 19.2. The summed E-state index contributed by atoms with van der Waals surface area (Å²) in [6.07, 6.45) is 3.39. The van der Waals surface area contributed by atoms with E-state index in [4.69, 9.17) is 27.9 Å². The summed E-state index contributed by atoms with van der Waals surface area (Å²) in [5.74, 6) is -1.01. The van der Waals surface area contributed by atoms with Crippen molar-refractivity contribution >= 4 is 46.9 Å². The highest BCUT2D eigenvalue weighted by Gasteiger charge is 2.22. The second-order valence-electron chi connectivity index (χ2n) is 5.79. The molecule has 0 spiro atoms. The fourth-order valence-electron chi connectivity index (χ4n) is 2.52. The van der Waals surface area contributed by atoms with E-state index in [-0.39, 0.29) is 12.5 Å². The van der Waals surface area contributed by atoms with E-state index in [1.807, 2.05) is 30.3 Å². The summed E-state index contributed by atoms with van der Waals surface area (Å²) in [6.45, 7) is 0.0971. The molecule has 0 atom stereocenters. The topological polar surface area (TPSA) is 59.0 Å². The molecule has 1 aliphatic rings. The number of hydrazone groups is 1. The third kappa shape index (κ3) is 5.18. The van der Waals surface area contributed by atoms with Gasteiger partial charge in [-0.25, -0.2) is 9.80 Å². The Kier molecular flexibility index (Phi) is 6.27. The number of nitrogens with zero attached hydrogens (tertiary/aromatic N) is 2. The minimum atomic E-state index is -0.638. The molecule has 0 saturated carbocycles. The van der Waals surface area contributed by atoms with Crippen molar-refractivity contribution in [2.24, 2.45) is 5.10 Å². The molecule has 1 amide bonds. The van der Waals surface area contributed by atoms with Gasteiger partial charge in [0.25, 0.3) is 5.91 Å². The summed E-state index contributed by atoms with van der Waals surface area (Å²) in [4.78, 5) is 24.0. The van der Waals surface area contributed by atoms with Crippen molar-refractivity contribution in [2.45, 2.75) is 6.42 Å². The molecule has 0 N–H and O–H groups in total. The third-order valence-electron chi connectivity index (χ3n) is 3.90. The van der Waals surface area contributed by atoms with Crippen LogP contribution in [0.4, 0.5) is 0 Å². The van der Waals surface area contributed by atoms with Crippen LogP contribution in [0.5, 0.6) is 0 Å². The first-order chi connectivity index (χ1) is 13.0. The largest absolute Gasteiger partial charge is 0.452 e. The smallest absolute Gasteiger partial charge is 0.331 e. The number of hydrogen-bond acceptors (Lipinski definition) is 4. The maximum atomic E-state index is 12.2.